The maximum Gasteiger partial charge on any atom is 0.207 e. The van der Waals surface area contributed by atoms with E-state index in [-0.39, 0.29) is 0 Å². The van der Waals surface area contributed by atoms with Crippen molar-refractivity contribution in [2.45, 2.75) is 34.1 Å². The Morgan fingerprint density at radius 2 is 2.00 bits per heavy atom. The van der Waals surface area contributed by atoms with E-state index in [9.17, 15) is 4.79 Å². The first-order chi connectivity index (χ1) is 5.00. The minimum atomic E-state index is 0.329. The molecule has 0 heterocycles. The number of nitrogens with one attached hydrogen (secondary N) is 1. The highest BCUT2D eigenvalue weighted by atomic mass is 16.1. The Hall–Kier alpha value is -0.530. The second kappa shape index (κ2) is 4.37. The molecule has 0 unspecified atom stereocenters. The van der Waals surface area contributed by atoms with Gasteiger partial charge >= 0.3 is 0 Å². The molecule has 0 aliphatic heterocycles. The van der Waals surface area contributed by atoms with Crippen molar-refractivity contribution in [3.05, 3.63) is 0 Å². The van der Waals surface area contributed by atoms with Crippen LogP contribution in [0.15, 0.2) is 0 Å². The highest BCUT2D eigenvalue weighted by Gasteiger charge is 2.21. The lowest BCUT2D eigenvalue weighted by Gasteiger charge is -2.28. The summed E-state index contributed by atoms with van der Waals surface area (Å²) in [5.74, 6) is 0.663. The second-order valence-corrected chi connectivity index (χ2v) is 3.97. The normalized spacial score (nSPS) is 11.7. The summed E-state index contributed by atoms with van der Waals surface area (Å²) >= 11 is 0. The quantitative estimate of drug-likeness (QED) is 0.478. The van der Waals surface area contributed by atoms with Gasteiger partial charge in [-0.25, -0.2) is 0 Å². The van der Waals surface area contributed by atoms with E-state index in [0.29, 0.717) is 11.3 Å². The van der Waals surface area contributed by atoms with E-state index in [2.05, 4.69) is 33.0 Å². The molecule has 0 spiro atoms. The summed E-state index contributed by atoms with van der Waals surface area (Å²) < 4.78 is 0. The monoisotopic (exact) mass is 157 g/mol. The van der Waals surface area contributed by atoms with E-state index in [1.165, 1.54) is 0 Å². The van der Waals surface area contributed by atoms with Gasteiger partial charge in [-0.15, -0.1) is 0 Å². The average Bonchev–Trinajstić information content (AvgIpc) is 1.88. The number of hydrogen-bond acceptors (Lipinski definition) is 1. The molecule has 0 aromatic carbocycles. The summed E-state index contributed by atoms with van der Waals surface area (Å²) in [6, 6.07) is 0. The lowest BCUT2D eigenvalue weighted by Crippen LogP contribution is -2.25. The SMILES string of the molecule is CC(C)C(C)(C)CCNC=O. The number of carbonyl (C=O) groups excluding carboxylic acids is 1. The van der Waals surface area contributed by atoms with E-state index in [4.69, 9.17) is 0 Å². The number of amides is 1. The zero-order chi connectivity index (χ0) is 8.91. The molecule has 0 saturated heterocycles. The van der Waals surface area contributed by atoms with E-state index < -0.39 is 0 Å². The van der Waals surface area contributed by atoms with Gasteiger partial charge in [0.25, 0.3) is 0 Å². The zero-order valence-corrected chi connectivity index (χ0v) is 7.98. The van der Waals surface area contributed by atoms with Gasteiger partial charge in [-0.1, -0.05) is 27.7 Å². The standard InChI is InChI=1S/C9H19NO/c1-8(2)9(3,4)5-6-10-7-11/h7-8H,5-6H2,1-4H3,(H,10,11). The van der Waals surface area contributed by atoms with E-state index >= 15 is 0 Å². The minimum absolute atomic E-state index is 0.329. The van der Waals surface area contributed by atoms with Crippen LogP contribution in [0.3, 0.4) is 0 Å². The molecule has 1 amide bonds. The molecule has 0 radical (unpaired) electrons. The summed E-state index contributed by atoms with van der Waals surface area (Å²) in [6.45, 7) is 9.66. The van der Waals surface area contributed by atoms with Gasteiger partial charge in [0.2, 0.25) is 6.41 Å². The minimum Gasteiger partial charge on any atom is -0.359 e. The van der Waals surface area contributed by atoms with Gasteiger partial charge in [-0.2, -0.15) is 0 Å². The predicted octanol–water partition coefficient (Wildman–Crippen LogP) is 1.80. The van der Waals surface area contributed by atoms with Crippen molar-refractivity contribution in [3.63, 3.8) is 0 Å². The molecule has 0 aliphatic rings. The van der Waals surface area contributed by atoms with Crippen molar-refractivity contribution < 1.29 is 4.79 Å². The molecular weight excluding hydrogens is 138 g/mol. The Morgan fingerprint density at radius 1 is 1.45 bits per heavy atom. The van der Waals surface area contributed by atoms with Gasteiger partial charge in [0.05, 0.1) is 0 Å². The third-order valence-corrected chi connectivity index (χ3v) is 2.56. The summed E-state index contributed by atoms with van der Waals surface area (Å²) in [6.07, 6.45) is 1.81. The van der Waals surface area contributed by atoms with E-state index in [1.54, 1.807) is 0 Å². The molecule has 2 heteroatoms. The molecule has 0 aliphatic carbocycles. The first-order valence-corrected chi connectivity index (χ1v) is 4.17. The summed E-state index contributed by atoms with van der Waals surface area (Å²) in [5.41, 5.74) is 0.329. The van der Waals surface area contributed by atoms with Crippen LogP contribution in [-0.2, 0) is 4.79 Å². The van der Waals surface area contributed by atoms with E-state index in [1.807, 2.05) is 0 Å². The molecule has 2 nitrogen and oxygen atoms in total. The Morgan fingerprint density at radius 3 is 2.36 bits per heavy atom. The Bertz CT molecular complexity index is 119. The maximum atomic E-state index is 9.95. The molecule has 0 aromatic heterocycles. The van der Waals surface area contributed by atoms with Crippen LogP contribution in [0.5, 0.6) is 0 Å². The molecule has 66 valence electrons. The van der Waals surface area contributed by atoms with Crippen LogP contribution in [0.2, 0.25) is 0 Å². The van der Waals surface area contributed by atoms with Crippen LogP contribution in [-0.4, -0.2) is 13.0 Å². The molecule has 0 fully saturated rings. The fourth-order valence-corrected chi connectivity index (χ4v) is 0.742. The molecule has 0 bridgehead atoms. The van der Waals surface area contributed by atoms with Gasteiger partial charge in [0, 0.05) is 6.54 Å². The van der Waals surface area contributed by atoms with Crippen LogP contribution in [0.1, 0.15) is 34.1 Å². The van der Waals surface area contributed by atoms with Gasteiger partial charge in [0.1, 0.15) is 0 Å². The van der Waals surface area contributed by atoms with Gasteiger partial charge in [-0.3, -0.25) is 4.79 Å². The predicted molar refractivity (Wildman–Crippen MR) is 47.3 cm³/mol. The largest absolute Gasteiger partial charge is 0.359 e. The fraction of sp³-hybridized carbons (Fsp3) is 0.889. The maximum absolute atomic E-state index is 9.95. The molecule has 0 aromatic rings. The first-order valence-electron chi connectivity index (χ1n) is 4.17. The molecule has 0 rings (SSSR count). The lowest BCUT2D eigenvalue weighted by atomic mass is 9.78. The van der Waals surface area contributed by atoms with Crippen LogP contribution < -0.4 is 5.32 Å². The Balaban J connectivity index is 3.63. The molecule has 1 N–H and O–H groups in total. The third-order valence-electron chi connectivity index (χ3n) is 2.56. The topological polar surface area (TPSA) is 29.1 Å². The van der Waals surface area contributed by atoms with Crippen molar-refractivity contribution in [3.8, 4) is 0 Å². The van der Waals surface area contributed by atoms with Gasteiger partial charge in [-0.05, 0) is 17.8 Å². The van der Waals surface area contributed by atoms with Crippen molar-refractivity contribution in [1.82, 2.24) is 5.32 Å². The summed E-state index contributed by atoms with van der Waals surface area (Å²) in [4.78, 5) is 9.95. The summed E-state index contributed by atoms with van der Waals surface area (Å²) in [7, 11) is 0. The molecule has 0 saturated carbocycles. The Labute approximate surface area is 69.4 Å². The zero-order valence-electron chi connectivity index (χ0n) is 7.98. The van der Waals surface area contributed by atoms with Crippen LogP contribution >= 0.6 is 0 Å². The first kappa shape index (κ1) is 10.5. The van der Waals surface area contributed by atoms with Crippen molar-refractivity contribution in [1.29, 1.82) is 0 Å². The van der Waals surface area contributed by atoms with Crippen molar-refractivity contribution in [2.24, 2.45) is 11.3 Å². The van der Waals surface area contributed by atoms with Crippen molar-refractivity contribution in [2.75, 3.05) is 6.54 Å². The number of rotatable bonds is 5. The van der Waals surface area contributed by atoms with E-state index in [0.717, 1.165) is 19.4 Å². The molecule has 0 atom stereocenters. The fourth-order valence-electron chi connectivity index (χ4n) is 0.742. The molecule has 11 heavy (non-hydrogen) atoms. The van der Waals surface area contributed by atoms with Crippen molar-refractivity contribution >= 4 is 6.41 Å². The van der Waals surface area contributed by atoms with Crippen LogP contribution in [0.25, 0.3) is 0 Å². The third kappa shape index (κ3) is 4.02. The average molecular weight is 157 g/mol. The van der Waals surface area contributed by atoms with Crippen LogP contribution in [0.4, 0.5) is 0 Å². The lowest BCUT2D eigenvalue weighted by molar-refractivity contribution is -0.109. The van der Waals surface area contributed by atoms with Gasteiger partial charge in [0.15, 0.2) is 0 Å². The molecular formula is C9H19NO. The second-order valence-electron chi connectivity index (χ2n) is 3.97. The smallest absolute Gasteiger partial charge is 0.207 e. The number of carbonyl (C=O) groups is 1. The van der Waals surface area contributed by atoms with Gasteiger partial charge < -0.3 is 5.32 Å². The number of hydrogen-bond donors (Lipinski definition) is 1. The highest BCUT2D eigenvalue weighted by molar-refractivity contribution is 5.45. The highest BCUT2D eigenvalue weighted by Crippen LogP contribution is 2.29. The van der Waals surface area contributed by atoms with Crippen LogP contribution in [0, 0.1) is 11.3 Å². The Kier molecular flexibility index (Phi) is 4.16. The summed E-state index contributed by atoms with van der Waals surface area (Å²) in [5, 5.41) is 2.68.